The Bertz CT molecular complexity index is 431. The zero-order valence-electron chi connectivity index (χ0n) is 11.6. The molecule has 0 bridgehead atoms. The predicted molar refractivity (Wildman–Crippen MR) is 68.8 cm³/mol. The summed E-state index contributed by atoms with van der Waals surface area (Å²) in [4.78, 5) is 46.7. The lowest BCUT2D eigenvalue weighted by molar-refractivity contribution is -0.137. The Kier molecular flexibility index (Phi) is 5.06. The van der Waals surface area contributed by atoms with Crippen molar-refractivity contribution in [1.82, 2.24) is 15.5 Å². The fraction of sp³-hybridized carbons (Fsp3) is 0.667. The number of aliphatic carboxylic acids is 1. The molecule has 8 heteroatoms. The summed E-state index contributed by atoms with van der Waals surface area (Å²) < 4.78 is 0. The Balaban J connectivity index is 2.60. The van der Waals surface area contributed by atoms with Crippen LogP contribution in [-0.4, -0.2) is 52.4 Å². The first-order valence-electron chi connectivity index (χ1n) is 6.49. The molecular weight excluding hydrogens is 266 g/mol. The number of nitrogens with zero attached hydrogens (tertiary/aromatic N) is 1. The fourth-order valence-corrected chi connectivity index (χ4v) is 2.06. The van der Waals surface area contributed by atoms with Gasteiger partial charge in [0, 0.05) is 6.54 Å². The Morgan fingerprint density at radius 1 is 1.30 bits per heavy atom. The van der Waals surface area contributed by atoms with E-state index in [1.807, 2.05) is 0 Å². The standard InChI is InChI=1S/C12H19N3O5/c1-3-12(4-2)10(19)15(11(20)14-12)7-8(16)13-6-5-9(17)18/h3-7H2,1-2H3,(H,13,16)(H,14,20)(H,17,18). The third-order valence-electron chi connectivity index (χ3n) is 3.42. The molecule has 0 aromatic rings. The minimum absolute atomic E-state index is 0.0372. The molecule has 112 valence electrons. The van der Waals surface area contributed by atoms with Crippen molar-refractivity contribution in [3.8, 4) is 0 Å². The van der Waals surface area contributed by atoms with Crippen LogP contribution in [0.4, 0.5) is 4.79 Å². The van der Waals surface area contributed by atoms with Crippen molar-refractivity contribution in [2.24, 2.45) is 0 Å². The molecule has 0 spiro atoms. The van der Waals surface area contributed by atoms with Crippen LogP contribution in [-0.2, 0) is 14.4 Å². The second-order valence-corrected chi connectivity index (χ2v) is 4.60. The van der Waals surface area contributed by atoms with Gasteiger partial charge in [0.1, 0.15) is 12.1 Å². The van der Waals surface area contributed by atoms with E-state index in [9.17, 15) is 19.2 Å². The number of amides is 4. The monoisotopic (exact) mass is 285 g/mol. The Morgan fingerprint density at radius 2 is 1.90 bits per heavy atom. The fourth-order valence-electron chi connectivity index (χ4n) is 2.06. The van der Waals surface area contributed by atoms with Gasteiger partial charge in [-0.2, -0.15) is 0 Å². The third kappa shape index (κ3) is 3.25. The number of carboxylic acids is 1. The number of hydrogen-bond donors (Lipinski definition) is 3. The molecule has 0 aromatic heterocycles. The maximum Gasteiger partial charge on any atom is 0.325 e. The summed E-state index contributed by atoms with van der Waals surface area (Å²) in [6.07, 6.45) is 0.691. The van der Waals surface area contributed by atoms with E-state index in [1.165, 1.54) is 0 Å². The van der Waals surface area contributed by atoms with Gasteiger partial charge in [-0.25, -0.2) is 4.79 Å². The molecule has 0 atom stereocenters. The molecule has 1 aliphatic heterocycles. The second-order valence-electron chi connectivity index (χ2n) is 4.60. The predicted octanol–water partition coefficient (Wildman–Crippen LogP) is -0.312. The Morgan fingerprint density at radius 3 is 2.35 bits per heavy atom. The number of imide groups is 1. The number of carbonyl (C=O) groups excluding carboxylic acids is 3. The zero-order chi connectivity index (χ0) is 15.3. The average molecular weight is 285 g/mol. The molecule has 8 nitrogen and oxygen atoms in total. The first kappa shape index (κ1) is 15.9. The maximum atomic E-state index is 12.2. The van der Waals surface area contributed by atoms with Gasteiger partial charge in [0.05, 0.1) is 6.42 Å². The van der Waals surface area contributed by atoms with Crippen molar-refractivity contribution in [1.29, 1.82) is 0 Å². The van der Waals surface area contributed by atoms with Crippen molar-refractivity contribution in [2.75, 3.05) is 13.1 Å². The topological polar surface area (TPSA) is 116 Å². The van der Waals surface area contributed by atoms with Crippen molar-refractivity contribution in [3.63, 3.8) is 0 Å². The smallest absolute Gasteiger partial charge is 0.325 e. The number of nitrogens with one attached hydrogen (secondary N) is 2. The van der Waals surface area contributed by atoms with Gasteiger partial charge in [0.25, 0.3) is 5.91 Å². The van der Waals surface area contributed by atoms with E-state index >= 15 is 0 Å². The lowest BCUT2D eigenvalue weighted by Gasteiger charge is -2.22. The summed E-state index contributed by atoms with van der Waals surface area (Å²) in [5, 5.41) is 13.4. The lowest BCUT2D eigenvalue weighted by Crippen LogP contribution is -2.46. The lowest BCUT2D eigenvalue weighted by atomic mass is 9.93. The molecule has 0 saturated carbocycles. The van der Waals surface area contributed by atoms with Crippen molar-refractivity contribution >= 4 is 23.8 Å². The van der Waals surface area contributed by atoms with Gasteiger partial charge in [0.15, 0.2) is 0 Å². The molecule has 20 heavy (non-hydrogen) atoms. The van der Waals surface area contributed by atoms with E-state index in [0.29, 0.717) is 12.8 Å². The first-order valence-corrected chi connectivity index (χ1v) is 6.49. The zero-order valence-corrected chi connectivity index (χ0v) is 11.6. The van der Waals surface area contributed by atoms with E-state index in [2.05, 4.69) is 10.6 Å². The highest BCUT2D eigenvalue weighted by Crippen LogP contribution is 2.24. The quantitative estimate of drug-likeness (QED) is 0.555. The minimum atomic E-state index is -1.03. The van der Waals surface area contributed by atoms with Crippen LogP contribution in [0.15, 0.2) is 0 Å². The summed E-state index contributed by atoms with van der Waals surface area (Å²) >= 11 is 0. The number of urea groups is 1. The maximum absolute atomic E-state index is 12.2. The van der Waals surface area contributed by atoms with Gasteiger partial charge in [-0.1, -0.05) is 13.8 Å². The second kappa shape index (κ2) is 6.36. The largest absolute Gasteiger partial charge is 0.481 e. The highest BCUT2D eigenvalue weighted by atomic mass is 16.4. The van der Waals surface area contributed by atoms with E-state index in [-0.39, 0.29) is 13.0 Å². The first-order chi connectivity index (χ1) is 9.36. The van der Waals surface area contributed by atoms with E-state index in [4.69, 9.17) is 5.11 Å². The van der Waals surface area contributed by atoms with Crippen LogP contribution in [0.5, 0.6) is 0 Å². The molecule has 1 saturated heterocycles. The van der Waals surface area contributed by atoms with Crippen LogP contribution in [0.2, 0.25) is 0 Å². The molecule has 4 amide bonds. The Labute approximate surface area is 116 Å². The van der Waals surface area contributed by atoms with Gasteiger partial charge in [0.2, 0.25) is 5.91 Å². The molecule has 1 aliphatic rings. The molecule has 1 rings (SSSR count). The van der Waals surface area contributed by atoms with Gasteiger partial charge < -0.3 is 15.7 Å². The van der Waals surface area contributed by atoms with Gasteiger partial charge >= 0.3 is 12.0 Å². The van der Waals surface area contributed by atoms with E-state index in [1.54, 1.807) is 13.8 Å². The number of hydrogen-bond acceptors (Lipinski definition) is 4. The van der Waals surface area contributed by atoms with Crippen LogP contribution in [0, 0.1) is 0 Å². The summed E-state index contributed by atoms with van der Waals surface area (Å²) in [5.74, 6) is -2.00. The average Bonchev–Trinajstić information content (AvgIpc) is 2.63. The molecular formula is C12H19N3O5. The van der Waals surface area contributed by atoms with Crippen LogP contribution in [0.25, 0.3) is 0 Å². The van der Waals surface area contributed by atoms with Gasteiger partial charge in [-0.15, -0.1) is 0 Å². The molecule has 0 aliphatic carbocycles. The van der Waals surface area contributed by atoms with Crippen LogP contribution < -0.4 is 10.6 Å². The van der Waals surface area contributed by atoms with Gasteiger partial charge in [-0.3, -0.25) is 19.3 Å². The molecule has 0 unspecified atom stereocenters. The number of carboxylic acid groups (broad SMARTS) is 1. The minimum Gasteiger partial charge on any atom is -0.481 e. The summed E-state index contributed by atoms with van der Waals surface area (Å²) in [5.41, 5.74) is -0.932. The molecule has 1 fully saturated rings. The highest BCUT2D eigenvalue weighted by Gasteiger charge is 2.49. The third-order valence-corrected chi connectivity index (χ3v) is 3.42. The number of carbonyl (C=O) groups is 4. The van der Waals surface area contributed by atoms with Crippen LogP contribution in [0.3, 0.4) is 0 Å². The highest BCUT2D eigenvalue weighted by molar-refractivity contribution is 6.08. The molecule has 0 aromatic carbocycles. The summed E-state index contributed by atoms with van der Waals surface area (Å²) in [6, 6.07) is -0.591. The number of rotatable bonds is 7. The molecule has 0 radical (unpaired) electrons. The van der Waals surface area contributed by atoms with Crippen molar-refractivity contribution < 1.29 is 24.3 Å². The van der Waals surface area contributed by atoms with Crippen LogP contribution in [0.1, 0.15) is 33.1 Å². The summed E-state index contributed by atoms with van der Waals surface area (Å²) in [7, 11) is 0. The van der Waals surface area contributed by atoms with Crippen molar-refractivity contribution in [2.45, 2.75) is 38.6 Å². The van der Waals surface area contributed by atoms with Gasteiger partial charge in [-0.05, 0) is 12.8 Å². The Hall–Kier alpha value is -2.12. The van der Waals surface area contributed by atoms with E-state index < -0.39 is 35.9 Å². The SMILES string of the molecule is CCC1(CC)NC(=O)N(CC(=O)NCCC(=O)O)C1=O. The summed E-state index contributed by atoms with van der Waals surface area (Å²) in [6.45, 7) is 3.15. The molecule has 3 N–H and O–H groups in total. The van der Waals surface area contributed by atoms with E-state index in [0.717, 1.165) is 4.90 Å². The van der Waals surface area contributed by atoms with Crippen LogP contribution >= 0.6 is 0 Å². The normalized spacial score (nSPS) is 17.0. The van der Waals surface area contributed by atoms with Crippen molar-refractivity contribution in [3.05, 3.63) is 0 Å². The molecule has 1 heterocycles.